The Balaban J connectivity index is 0.000000378. The zero-order valence-corrected chi connectivity index (χ0v) is 17.3. The highest BCUT2D eigenvalue weighted by molar-refractivity contribution is 5.70. The second-order valence-electron chi connectivity index (χ2n) is 5.76. The van der Waals surface area contributed by atoms with Crippen LogP contribution in [0.2, 0.25) is 0 Å². The molecule has 1 N–H and O–H groups in total. The maximum atomic E-state index is 10.0. The summed E-state index contributed by atoms with van der Waals surface area (Å²) in [6, 6.07) is 9.06. The van der Waals surface area contributed by atoms with Crippen molar-refractivity contribution in [1.29, 1.82) is 0 Å². The molecule has 1 unspecified atom stereocenters. The van der Waals surface area contributed by atoms with E-state index in [1.54, 1.807) is 11.1 Å². The number of hydrogen-bond acceptors (Lipinski definition) is 5. The van der Waals surface area contributed by atoms with Gasteiger partial charge in [0.2, 0.25) is 6.41 Å². The van der Waals surface area contributed by atoms with Crippen LogP contribution >= 0.6 is 0 Å². The van der Waals surface area contributed by atoms with Gasteiger partial charge in [-0.3, -0.25) is 14.6 Å². The van der Waals surface area contributed by atoms with E-state index >= 15 is 0 Å². The lowest BCUT2D eigenvalue weighted by atomic mass is 10.1. The molecule has 1 aliphatic heterocycles. The first-order valence-corrected chi connectivity index (χ1v) is 9.17. The number of benzene rings is 1. The van der Waals surface area contributed by atoms with Gasteiger partial charge in [0.25, 0.3) is 0 Å². The lowest BCUT2D eigenvalue weighted by Crippen LogP contribution is -2.11. The molecular formula is C21H32N4O2. The van der Waals surface area contributed by atoms with Gasteiger partial charge in [-0.25, -0.2) is 4.98 Å². The summed E-state index contributed by atoms with van der Waals surface area (Å²) in [5.41, 5.74) is 3.86. The van der Waals surface area contributed by atoms with E-state index in [0.29, 0.717) is 18.0 Å². The van der Waals surface area contributed by atoms with Crippen molar-refractivity contribution in [3.05, 3.63) is 59.2 Å². The molecule has 27 heavy (non-hydrogen) atoms. The third kappa shape index (κ3) is 11.6. The van der Waals surface area contributed by atoms with Crippen molar-refractivity contribution in [2.75, 3.05) is 20.1 Å². The Morgan fingerprint density at radius 3 is 1.96 bits per heavy atom. The van der Waals surface area contributed by atoms with Gasteiger partial charge in [-0.15, -0.1) is 0 Å². The predicted octanol–water partition coefficient (Wildman–Crippen LogP) is 3.36. The van der Waals surface area contributed by atoms with E-state index in [1.807, 2.05) is 27.8 Å². The second-order valence-corrected chi connectivity index (χ2v) is 5.76. The van der Waals surface area contributed by atoms with E-state index in [0.717, 1.165) is 25.2 Å². The minimum atomic E-state index is 0.376. The van der Waals surface area contributed by atoms with E-state index in [2.05, 4.69) is 53.4 Å². The highest BCUT2D eigenvalue weighted by atomic mass is 16.1. The van der Waals surface area contributed by atoms with Crippen molar-refractivity contribution < 1.29 is 9.59 Å². The van der Waals surface area contributed by atoms with Crippen LogP contribution in [0.5, 0.6) is 0 Å². The van der Waals surface area contributed by atoms with Crippen LogP contribution in [-0.2, 0) is 4.79 Å². The molecular weight excluding hydrogens is 340 g/mol. The van der Waals surface area contributed by atoms with Gasteiger partial charge in [0.15, 0.2) is 6.29 Å². The summed E-state index contributed by atoms with van der Waals surface area (Å²) in [7, 11) is 1.98. The molecule has 1 fully saturated rings. The van der Waals surface area contributed by atoms with Gasteiger partial charge in [-0.1, -0.05) is 43.7 Å². The third-order valence-electron chi connectivity index (χ3n) is 3.56. The van der Waals surface area contributed by atoms with Gasteiger partial charge in [0, 0.05) is 25.3 Å². The van der Waals surface area contributed by atoms with E-state index in [4.69, 9.17) is 0 Å². The Bertz CT molecular complexity index is 638. The van der Waals surface area contributed by atoms with Gasteiger partial charge in [-0.05, 0) is 33.4 Å². The zero-order valence-electron chi connectivity index (χ0n) is 17.3. The van der Waals surface area contributed by atoms with Crippen LogP contribution in [0.25, 0.3) is 0 Å². The number of nitrogens with zero attached hydrogens (tertiary/aromatic N) is 3. The predicted molar refractivity (Wildman–Crippen MR) is 110 cm³/mol. The Labute approximate surface area is 163 Å². The van der Waals surface area contributed by atoms with Crippen LogP contribution in [0.1, 0.15) is 54.1 Å². The monoisotopic (exact) mass is 372 g/mol. The molecule has 2 aromatic rings. The molecule has 0 spiro atoms. The first kappa shape index (κ1) is 24.4. The Morgan fingerprint density at radius 2 is 1.63 bits per heavy atom. The highest BCUT2D eigenvalue weighted by Gasteiger charge is 2.11. The minimum absolute atomic E-state index is 0.376. The molecule has 6 nitrogen and oxygen atoms in total. The van der Waals surface area contributed by atoms with Crippen molar-refractivity contribution >= 4 is 12.7 Å². The number of aromatic nitrogens is 2. The molecule has 6 heteroatoms. The number of aldehydes is 1. The molecule has 1 amide bonds. The summed E-state index contributed by atoms with van der Waals surface area (Å²) in [5, 5.41) is 3.20. The summed E-state index contributed by atoms with van der Waals surface area (Å²) in [5.74, 6) is 0. The quantitative estimate of drug-likeness (QED) is 0.658. The molecule has 1 aromatic heterocycles. The summed E-state index contributed by atoms with van der Waals surface area (Å²) in [6.45, 7) is 12.0. The molecule has 0 bridgehead atoms. The molecule has 1 atom stereocenters. The van der Waals surface area contributed by atoms with E-state index < -0.39 is 0 Å². The van der Waals surface area contributed by atoms with Crippen LogP contribution in [0.15, 0.2) is 36.7 Å². The maximum Gasteiger partial charge on any atom is 0.209 e. The average Bonchev–Trinajstić information content (AvgIpc) is 3.56. The van der Waals surface area contributed by atoms with Crippen LogP contribution < -0.4 is 5.32 Å². The molecule has 2 heterocycles. The zero-order chi connectivity index (χ0) is 20.7. The normalized spacial score (nSPS) is 12.0. The minimum Gasteiger partial charge on any atom is -0.342 e. The number of amides is 1. The van der Waals surface area contributed by atoms with Crippen LogP contribution in [0, 0.1) is 13.8 Å². The van der Waals surface area contributed by atoms with E-state index in [1.165, 1.54) is 17.3 Å². The fraction of sp³-hybridized carbons (Fsp3) is 0.429. The number of rotatable bonds is 4. The summed E-state index contributed by atoms with van der Waals surface area (Å²) < 4.78 is 0. The molecule has 0 radical (unpaired) electrons. The van der Waals surface area contributed by atoms with Crippen molar-refractivity contribution in [3.8, 4) is 0 Å². The summed E-state index contributed by atoms with van der Waals surface area (Å²) in [6.07, 6.45) is 4.54. The molecule has 3 rings (SSSR count). The molecule has 1 aromatic carbocycles. The Hall–Kier alpha value is -2.60. The molecule has 1 aliphatic rings. The number of hydrogen-bond donors (Lipinski definition) is 1. The van der Waals surface area contributed by atoms with Crippen LogP contribution in [-0.4, -0.2) is 47.7 Å². The molecule has 1 saturated heterocycles. The summed E-state index contributed by atoms with van der Waals surface area (Å²) >= 11 is 0. The molecule has 0 saturated carbocycles. The van der Waals surface area contributed by atoms with Gasteiger partial charge < -0.3 is 10.2 Å². The van der Waals surface area contributed by atoms with Crippen LogP contribution in [0.4, 0.5) is 0 Å². The van der Waals surface area contributed by atoms with Gasteiger partial charge >= 0.3 is 0 Å². The van der Waals surface area contributed by atoms with Crippen molar-refractivity contribution in [1.82, 2.24) is 20.2 Å². The number of nitrogens with one attached hydrogen (secondary N) is 1. The largest absolute Gasteiger partial charge is 0.342 e. The standard InChI is InChI=1S/C10H15N.C6H6N2O.C3H5NO.C2H6/c1-8-4-6-10(7-5-8)9(2)11-3;1-5-2-8-6(4-9)3-7-5;5-3-4-1-2-4;1-2/h4-7,9,11H,1-3H3;2-4H,1H3;3H,1-2H2;1-2H3. The molecule has 148 valence electrons. The molecule has 0 aliphatic carbocycles. The fourth-order valence-corrected chi connectivity index (χ4v) is 1.65. The maximum absolute atomic E-state index is 10.0. The number of aryl methyl sites for hydroxylation is 2. The number of carbonyl (C=O) groups is 2. The first-order valence-electron chi connectivity index (χ1n) is 9.17. The van der Waals surface area contributed by atoms with E-state index in [9.17, 15) is 9.59 Å². The van der Waals surface area contributed by atoms with Crippen molar-refractivity contribution in [3.63, 3.8) is 0 Å². The third-order valence-corrected chi connectivity index (χ3v) is 3.56. The topological polar surface area (TPSA) is 75.0 Å². The number of carbonyl (C=O) groups excluding carboxylic acids is 2. The fourth-order valence-electron chi connectivity index (χ4n) is 1.65. The lowest BCUT2D eigenvalue weighted by molar-refractivity contribution is -0.113. The van der Waals surface area contributed by atoms with E-state index in [-0.39, 0.29) is 0 Å². The first-order chi connectivity index (χ1) is 13.0. The Kier molecular flexibility index (Phi) is 13.2. The second kappa shape index (κ2) is 14.6. The van der Waals surface area contributed by atoms with Gasteiger partial charge in [0.1, 0.15) is 5.69 Å². The highest BCUT2D eigenvalue weighted by Crippen LogP contribution is 2.11. The SMILES string of the molecule is CC.CNC(C)c1ccc(C)cc1.Cc1cnc(C=O)cn1.O=CN1CC1. The smallest absolute Gasteiger partial charge is 0.209 e. The van der Waals surface area contributed by atoms with Crippen molar-refractivity contribution in [2.45, 2.75) is 40.7 Å². The van der Waals surface area contributed by atoms with Crippen molar-refractivity contribution in [2.24, 2.45) is 0 Å². The van der Waals surface area contributed by atoms with Gasteiger partial charge in [-0.2, -0.15) is 0 Å². The van der Waals surface area contributed by atoms with Crippen LogP contribution in [0.3, 0.4) is 0 Å². The summed E-state index contributed by atoms with van der Waals surface area (Å²) in [4.78, 5) is 28.8. The Morgan fingerprint density at radius 1 is 1.04 bits per heavy atom. The lowest BCUT2D eigenvalue weighted by Gasteiger charge is -2.09. The van der Waals surface area contributed by atoms with Gasteiger partial charge in [0.05, 0.1) is 11.9 Å². The average molecular weight is 373 g/mol.